The lowest BCUT2D eigenvalue weighted by Gasteiger charge is -2.32. The lowest BCUT2D eigenvalue weighted by atomic mass is 10.1. The van der Waals surface area contributed by atoms with Crippen molar-refractivity contribution in [1.82, 2.24) is 14.1 Å². The van der Waals surface area contributed by atoms with Crippen LogP contribution in [0.3, 0.4) is 0 Å². The molecule has 2 aliphatic heterocycles. The van der Waals surface area contributed by atoms with Gasteiger partial charge in [0.2, 0.25) is 10.0 Å². The molecule has 2 aromatic carbocycles. The average molecular weight is 535 g/mol. The number of nitrogens with zero attached hydrogens (tertiary/aromatic N) is 3. The number of likely N-dealkylation sites (N-methyl/N-ethyl adjacent to an activating group) is 1. The van der Waals surface area contributed by atoms with Crippen LogP contribution in [0.1, 0.15) is 29.6 Å². The second-order valence-electron chi connectivity index (χ2n) is 9.07. The molecule has 36 heavy (non-hydrogen) atoms. The average Bonchev–Trinajstić information content (AvgIpc) is 2.89. The third-order valence-corrected chi connectivity index (χ3v) is 8.61. The molecular formula is C25H31ClN4O5S. The molecule has 2 aromatic rings. The van der Waals surface area contributed by atoms with E-state index in [2.05, 4.69) is 10.2 Å². The SMILES string of the molecule is CN1CCN(C(=O)c2ccc(NC(=O)COc3ccc(S(=O)(=O)N4CCCCC4)cc3Cl)cc2)CC1. The van der Waals surface area contributed by atoms with E-state index in [1.165, 1.54) is 22.5 Å². The molecule has 0 aliphatic carbocycles. The Hall–Kier alpha value is -2.66. The number of amides is 2. The van der Waals surface area contributed by atoms with Crippen LogP contribution in [0.5, 0.6) is 5.75 Å². The Morgan fingerprint density at radius 2 is 1.61 bits per heavy atom. The fourth-order valence-corrected chi connectivity index (χ4v) is 6.09. The minimum atomic E-state index is -3.61. The first kappa shape index (κ1) is 26.4. The van der Waals surface area contributed by atoms with E-state index in [-0.39, 0.29) is 28.2 Å². The van der Waals surface area contributed by atoms with E-state index in [9.17, 15) is 18.0 Å². The van der Waals surface area contributed by atoms with Gasteiger partial charge in [0, 0.05) is 50.5 Å². The van der Waals surface area contributed by atoms with E-state index < -0.39 is 15.9 Å². The van der Waals surface area contributed by atoms with Crippen LogP contribution in [0, 0.1) is 0 Å². The predicted molar refractivity (Wildman–Crippen MR) is 138 cm³/mol. The minimum absolute atomic E-state index is 0.0234. The quantitative estimate of drug-likeness (QED) is 0.586. The van der Waals surface area contributed by atoms with E-state index in [1.807, 2.05) is 11.9 Å². The van der Waals surface area contributed by atoms with Crippen LogP contribution in [-0.2, 0) is 14.8 Å². The van der Waals surface area contributed by atoms with E-state index in [0.717, 1.165) is 32.4 Å². The molecule has 2 fully saturated rings. The van der Waals surface area contributed by atoms with E-state index in [1.54, 1.807) is 24.3 Å². The van der Waals surface area contributed by atoms with Crippen molar-refractivity contribution in [3.05, 3.63) is 53.1 Å². The maximum absolute atomic E-state index is 12.8. The smallest absolute Gasteiger partial charge is 0.262 e. The summed E-state index contributed by atoms with van der Waals surface area (Å²) in [6.07, 6.45) is 2.72. The van der Waals surface area contributed by atoms with Crippen molar-refractivity contribution in [2.45, 2.75) is 24.2 Å². The summed E-state index contributed by atoms with van der Waals surface area (Å²) in [6, 6.07) is 11.0. The van der Waals surface area contributed by atoms with Crippen LogP contribution in [-0.4, -0.2) is 87.3 Å². The molecule has 0 spiro atoms. The standard InChI is InChI=1S/C25H31ClN4O5S/c1-28-13-15-29(16-14-28)25(32)19-5-7-20(8-6-19)27-24(31)18-35-23-10-9-21(17-22(23)26)36(33,34)30-11-3-2-4-12-30/h5-10,17H,2-4,11-16,18H2,1H3,(H,27,31). The Morgan fingerprint density at radius 1 is 0.944 bits per heavy atom. The summed E-state index contributed by atoms with van der Waals surface area (Å²) >= 11 is 6.26. The second-order valence-corrected chi connectivity index (χ2v) is 11.4. The molecule has 0 saturated carbocycles. The fraction of sp³-hybridized carbons (Fsp3) is 0.440. The number of carbonyl (C=O) groups excluding carboxylic acids is 2. The summed E-state index contributed by atoms with van der Waals surface area (Å²) in [5, 5.41) is 2.84. The van der Waals surface area contributed by atoms with Crippen LogP contribution in [0.25, 0.3) is 0 Å². The van der Waals surface area contributed by atoms with Gasteiger partial charge in [0.1, 0.15) is 5.75 Å². The van der Waals surface area contributed by atoms with Gasteiger partial charge >= 0.3 is 0 Å². The van der Waals surface area contributed by atoms with Gasteiger partial charge in [-0.15, -0.1) is 0 Å². The van der Waals surface area contributed by atoms with Crippen molar-refractivity contribution in [2.75, 3.05) is 58.2 Å². The number of ether oxygens (including phenoxy) is 1. The Morgan fingerprint density at radius 3 is 2.25 bits per heavy atom. The van der Waals surface area contributed by atoms with E-state index in [4.69, 9.17) is 16.3 Å². The van der Waals surface area contributed by atoms with Crippen LogP contribution in [0.2, 0.25) is 5.02 Å². The van der Waals surface area contributed by atoms with Gasteiger partial charge in [0.05, 0.1) is 9.92 Å². The number of hydrogen-bond donors (Lipinski definition) is 1. The van der Waals surface area contributed by atoms with Gasteiger partial charge in [-0.1, -0.05) is 18.0 Å². The largest absolute Gasteiger partial charge is 0.482 e. The summed E-state index contributed by atoms with van der Waals surface area (Å²) in [4.78, 5) is 29.1. The first-order valence-corrected chi connectivity index (χ1v) is 13.9. The van der Waals surface area contributed by atoms with Crippen molar-refractivity contribution in [2.24, 2.45) is 0 Å². The highest BCUT2D eigenvalue weighted by molar-refractivity contribution is 7.89. The molecule has 0 radical (unpaired) electrons. The Balaban J connectivity index is 1.30. The topological polar surface area (TPSA) is 99.3 Å². The molecule has 2 heterocycles. The molecule has 0 aromatic heterocycles. The highest BCUT2D eigenvalue weighted by Gasteiger charge is 2.26. The summed E-state index contributed by atoms with van der Waals surface area (Å²) in [5.41, 5.74) is 1.10. The molecule has 9 nitrogen and oxygen atoms in total. The third kappa shape index (κ3) is 6.36. The van der Waals surface area contributed by atoms with E-state index >= 15 is 0 Å². The maximum Gasteiger partial charge on any atom is 0.262 e. The van der Waals surface area contributed by atoms with Crippen molar-refractivity contribution in [3.63, 3.8) is 0 Å². The number of rotatable bonds is 7. The Kier molecular flexibility index (Phi) is 8.50. The highest BCUT2D eigenvalue weighted by Crippen LogP contribution is 2.29. The van der Waals surface area contributed by atoms with Gasteiger partial charge in [0.15, 0.2) is 6.61 Å². The monoisotopic (exact) mass is 534 g/mol. The lowest BCUT2D eigenvalue weighted by Crippen LogP contribution is -2.47. The Labute approximate surface area is 217 Å². The third-order valence-electron chi connectivity index (χ3n) is 6.42. The lowest BCUT2D eigenvalue weighted by molar-refractivity contribution is -0.118. The summed E-state index contributed by atoms with van der Waals surface area (Å²) in [6.45, 7) is 3.78. The van der Waals surface area contributed by atoms with Crippen LogP contribution in [0.15, 0.2) is 47.4 Å². The van der Waals surface area contributed by atoms with E-state index in [0.29, 0.717) is 37.4 Å². The zero-order chi connectivity index (χ0) is 25.7. The van der Waals surface area contributed by atoms with Crippen molar-refractivity contribution in [1.29, 1.82) is 0 Å². The number of benzene rings is 2. The summed E-state index contributed by atoms with van der Waals surface area (Å²) in [7, 11) is -1.57. The molecule has 2 saturated heterocycles. The molecule has 194 valence electrons. The van der Waals surface area contributed by atoms with Crippen LogP contribution >= 0.6 is 11.6 Å². The molecule has 0 atom stereocenters. The van der Waals surface area contributed by atoms with Crippen LogP contribution < -0.4 is 10.1 Å². The van der Waals surface area contributed by atoms with Crippen LogP contribution in [0.4, 0.5) is 5.69 Å². The van der Waals surface area contributed by atoms with Crippen molar-refractivity contribution in [3.8, 4) is 5.75 Å². The number of piperazine rings is 1. The molecule has 1 N–H and O–H groups in total. The molecule has 4 rings (SSSR count). The van der Waals surface area contributed by atoms with Gasteiger partial charge in [0.25, 0.3) is 11.8 Å². The molecule has 11 heteroatoms. The molecule has 2 aliphatic rings. The molecular weight excluding hydrogens is 504 g/mol. The highest BCUT2D eigenvalue weighted by atomic mass is 35.5. The van der Waals surface area contributed by atoms with Gasteiger partial charge in [-0.2, -0.15) is 4.31 Å². The van der Waals surface area contributed by atoms with Gasteiger partial charge in [-0.25, -0.2) is 8.42 Å². The number of nitrogens with one attached hydrogen (secondary N) is 1. The minimum Gasteiger partial charge on any atom is -0.482 e. The zero-order valence-corrected chi connectivity index (χ0v) is 21.9. The zero-order valence-electron chi connectivity index (χ0n) is 20.3. The Bertz CT molecular complexity index is 1190. The first-order chi connectivity index (χ1) is 17.2. The summed E-state index contributed by atoms with van der Waals surface area (Å²) in [5.74, 6) is -0.212. The number of sulfonamides is 1. The number of carbonyl (C=O) groups is 2. The molecule has 0 bridgehead atoms. The predicted octanol–water partition coefficient (Wildman–Crippen LogP) is 2.92. The van der Waals surface area contributed by atoms with Gasteiger partial charge in [-0.05, 0) is 62.4 Å². The normalized spacial score (nSPS) is 17.6. The number of halogens is 1. The first-order valence-electron chi connectivity index (χ1n) is 12.0. The second kappa shape index (κ2) is 11.6. The molecule has 2 amide bonds. The maximum atomic E-state index is 12.8. The fourth-order valence-electron chi connectivity index (χ4n) is 4.24. The van der Waals surface area contributed by atoms with Crippen molar-refractivity contribution < 1.29 is 22.7 Å². The summed E-state index contributed by atoms with van der Waals surface area (Å²) < 4.78 is 32.6. The number of hydrogen-bond acceptors (Lipinski definition) is 6. The van der Waals surface area contributed by atoms with Gasteiger partial charge in [-0.3, -0.25) is 9.59 Å². The molecule has 0 unspecified atom stereocenters. The van der Waals surface area contributed by atoms with Crippen molar-refractivity contribution >= 4 is 39.1 Å². The number of piperidine rings is 1. The van der Waals surface area contributed by atoms with Gasteiger partial charge < -0.3 is 19.9 Å². The number of anilines is 1.